The Hall–Kier alpha value is -3.58. The maximum atomic E-state index is 13.0. The quantitative estimate of drug-likeness (QED) is 0.463. The highest BCUT2D eigenvalue weighted by Gasteiger charge is 2.22. The van der Waals surface area contributed by atoms with Crippen LogP contribution in [0.25, 0.3) is 10.9 Å². The summed E-state index contributed by atoms with van der Waals surface area (Å²) in [6, 6.07) is 25.0. The van der Waals surface area contributed by atoms with Crippen LogP contribution < -0.4 is 9.62 Å². The molecule has 0 atom stereocenters. The number of hydrogen-bond donors (Lipinski definition) is 2. The van der Waals surface area contributed by atoms with E-state index in [1.165, 1.54) is 23.5 Å². The van der Waals surface area contributed by atoms with Crippen LogP contribution in [-0.2, 0) is 16.4 Å². The van der Waals surface area contributed by atoms with Crippen LogP contribution in [0.4, 0.5) is 5.69 Å². The van der Waals surface area contributed by atoms with Gasteiger partial charge in [0.15, 0.2) is 0 Å². The summed E-state index contributed by atoms with van der Waals surface area (Å²) >= 11 is 0. The number of benzene rings is 3. The third-order valence-corrected chi connectivity index (χ3v) is 6.92. The number of rotatable bonds is 7. The number of H-pyrrole nitrogens is 1. The number of nitrogens with zero attached hydrogens (tertiary/aromatic N) is 1. The van der Waals surface area contributed by atoms with Crippen molar-refractivity contribution in [3.05, 3.63) is 96.2 Å². The molecule has 0 spiro atoms. The maximum absolute atomic E-state index is 13.0. The predicted octanol–water partition coefficient (Wildman–Crippen LogP) is 3.97. The average molecular weight is 434 g/mol. The number of hydrogen-bond acceptors (Lipinski definition) is 3. The van der Waals surface area contributed by atoms with Crippen molar-refractivity contribution in [3.63, 3.8) is 0 Å². The molecule has 2 N–H and O–H groups in total. The summed E-state index contributed by atoms with van der Waals surface area (Å²) in [6.07, 6.45) is 0.648. The number of nitrogens with one attached hydrogen (secondary N) is 2. The lowest BCUT2D eigenvalue weighted by Gasteiger charge is -2.19. The van der Waals surface area contributed by atoms with Crippen LogP contribution in [0.5, 0.6) is 0 Å². The van der Waals surface area contributed by atoms with E-state index in [0.29, 0.717) is 24.2 Å². The van der Waals surface area contributed by atoms with E-state index in [2.05, 4.69) is 16.4 Å². The largest absolute Gasteiger partial charge is 0.358 e. The van der Waals surface area contributed by atoms with Gasteiger partial charge in [0.1, 0.15) is 0 Å². The van der Waals surface area contributed by atoms with Crippen LogP contribution in [0.3, 0.4) is 0 Å². The molecule has 6 nitrogen and oxygen atoms in total. The highest BCUT2D eigenvalue weighted by atomic mass is 32.2. The fourth-order valence-electron chi connectivity index (χ4n) is 3.41. The summed E-state index contributed by atoms with van der Waals surface area (Å²) in [5.41, 5.74) is 2.95. The van der Waals surface area contributed by atoms with Gasteiger partial charge in [0.2, 0.25) is 0 Å². The Bertz CT molecular complexity index is 1280. The second-order valence-corrected chi connectivity index (χ2v) is 9.19. The smallest absolute Gasteiger partial charge is 0.264 e. The Balaban J connectivity index is 1.44. The highest BCUT2D eigenvalue weighted by Crippen LogP contribution is 2.22. The van der Waals surface area contributed by atoms with Crippen molar-refractivity contribution in [1.82, 2.24) is 10.3 Å². The van der Waals surface area contributed by atoms with Crippen molar-refractivity contribution in [2.75, 3.05) is 17.9 Å². The fraction of sp³-hybridized carbons (Fsp3) is 0.125. The van der Waals surface area contributed by atoms with E-state index in [9.17, 15) is 13.2 Å². The van der Waals surface area contributed by atoms with Gasteiger partial charge >= 0.3 is 0 Å². The van der Waals surface area contributed by atoms with E-state index in [1.54, 1.807) is 36.4 Å². The molecule has 7 heteroatoms. The highest BCUT2D eigenvalue weighted by molar-refractivity contribution is 7.92. The zero-order chi connectivity index (χ0) is 21.8. The molecule has 0 saturated carbocycles. The molecule has 0 saturated heterocycles. The number of aromatic amines is 1. The first kappa shape index (κ1) is 20.7. The number of para-hydroxylation sites is 2. The molecule has 1 amide bonds. The lowest BCUT2D eigenvalue weighted by atomic mass is 10.2. The number of carbonyl (C=O) groups is 1. The molecule has 0 aliphatic heterocycles. The molecule has 1 heterocycles. The van der Waals surface area contributed by atoms with Crippen LogP contribution in [0.2, 0.25) is 0 Å². The zero-order valence-corrected chi connectivity index (χ0v) is 17.9. The SMILES string of the molecule is CN(c1ccccc1)S(=O)(=O)c1cccc(C(=O)NCCc2cc3ccccc3[nH]2)c1. The Labute approximate surface area is 181 Å². The molecule has 3 aromatic carbocycles. The molecule has 4 aromatic rings. The van der Waals surface area contributed by atoms with Gasteiger partial charge in [0.05, 0.1) is 10.6 Å². The lowest BCUT2D eigenvalue weighted by molar-refractivity contribution is 0.0954. The Kier molecular flexibility index (Phi) is 5.77. The summed E-state index contributed by atoms with van der Waals surface area (Å²) in [4.78, 5) is 16.0. The van der Waals surface area contributed by atoms with Crippen molar-refractivity contribution in [2.45, 2.75) is 11.3 Å². The number of aromatic nitrogens is 1. The average Bonchev–Trinajstić information content (AvgIpc) is 3.22. The number of carbonyl (C=O) groups excluding carboxylic acids is 1. The number of anilines is 1. The zero-order valence-electron chi connectivity index (χ0n) is 17.1. The predicted molar refractivity (Wildman–Crippen MR) is 123 cm³/mol. The molecule has 0 unspecified atom stereocenters. The van der Waals surface area contributed by atoms with Gasteiger partial charge in [-0.2, -0.15) is 0 Å². The van der Waals surface area contributed by atoms with Crippen LogP contribution in [0, 0.1) is 0 Å². The van der Waals surface area contributed by atoms with E-state index in [0.717, 1.165) is 16.6 Å². The molecule has 0 fully saturated rings. The molecule has 0 aliphatic rings. The molecule has 4 rings (SSSR count). The van der Waals surface area contributed by atoms with Gasteiger partial charge in [0, 0.05) is 36.8 Å². The molecule has 1 aromatic heterocycles. The summed E-state index contributed by atoms with van der Waals surface area (Å²) in [5, 5.41) is 3.99. The van der Waals surface area contributed by atoms with Gasteiger partial charge in [-0.05, 0) is 47.9 Å². The lowest BCUT2D eigenvalue weighted by Crippen LogP contribution is -2.28. The van der Waals surface area contributed by atoms with E-state index < -0.39 is 10.0 Å². The van der Waals surface area contributed by atoms with Gasteiger partial charge < -0.3 is 10.3 Å². The topological polar surface area (TPSA) is 82.3 Å². The van der Waals surface area contributed by atoms with E-state index >= 15 is 0 Å². The second-order valence-electron chi connectivity index (χ2n) is 7.22. The van der Waals surface area contributed by atoms with Crippen molar-refractivity contribution >= 4 is 32.5 Å². The van der Waals surface area contributed by atoms with E-state index in [-0.39, 0.29) is 10.8 Å². The summed E-state index contributed by atoms with van der Waals surface area (Å²) < 4.78 is 27.2. The third-order valence-electron chi connectivity index (χ3n) is 5.14. The van der Waals surface area contributed by atoms with Gasteiger partial charge in [-0.15, -0.1) is 0 Å². The first-order chi connectivity index (χ1) is 14.9. The van der Waals surface area contributed by atoms with Crippen molar-refractivity contribution in [3.8, 4) is 0 Å². The number of fused-ring (bicyclic) bond motifs is 1. The van der Waals surface area contributed by atoms with Crippen LogP contribution in [0.15, 0.2) is 89.8 Å². The fourth-order valence-corrected chi connectivity index (χ4v) is 4.66. The van der Waals surface area contributed by atoms with Crippen LogP contribution in [0.1, 0.15) is 16.1 Å². The normalized spacial score (nSPS) is 11.4. The Morgan fingerprint density at radius 3 is 2.45 bits per heavy atom. The third kappa shape index (κ3) is 4.46. The van der Waals surface area contributed by atoms with Crippen molar-refractivity contribution in [1.29, 1.82) is 0 Å². The first-order valence-corrected chi connectivity index (χ1v) is 11.4. The van der Waals surface area contributed by atoms with Crippen LogP contribution in [-0.4, -0.2) is 32.9 Å². The molecular formula is C24H23N3O3S. The molecule has 158 valence electrons. The number of sulfonamides is 1. The van der Waals surface area contributed by atoms with Gasteiger partial charge in [-0.25, -0.2) is 8.42 Å². The molecule has 0 radical (unpaired) electrons. The van der Waals surface area contributed by atoms with E-state index in [4.69, 9.17) is 0 Å². The minimum absolute atomic E-state index is 0.0714. The maximum Gasteiger partial charge on any atom is 0.264 e. The van der Waals surface area contributed by atoms with Crippen LogP contribution >= 0.6 is 0 Å². The molecule has 31 heavy (non-hydrogen) atoms. The second kappa shape index (κ2) is 8.65. The Morgan fingerprint density at radius 2 is 1.68 bits per heavy atom. The van der Waals surface area contributed by atoms with E-state index in [1.807, 2.05) is 30.3 Å². The van der Waals surface area contributed by atoms with Crippen molar-refractivity contribution < 1.29 is 13.2 Å². The first-order valence-electron chi connectivity index (χ1n) is 9.94. The molecule has 0 bridgehead atoms. The molecular weight excluding hydrogens is 410 g/mol. The summed E-state index contributed by atoms with van der Waals surface area (Å²) in [6.45, 7) is 0.437. The number of amides is 1. The Morgan fingerprint density at radius 1 is 0.935 bits per heavy atom. The summed E-state index contributed by atoms with van der Waals surface area (Å²) in [7, 11) is -2.28. The minimum atomic E-state index is -3.78. The van der Waals surface area contributed by atoms with Crippen molar-refractivity contribution in [2.24, 2.45) is 0 Å². The summed E-state index contributed by atoms with van der Waals surface area (Å²) in [5.74, 6) is -0.310. The monoisotopic (exact) mass is 433 g/mol. The minimum Gasteiger partial charge on any atom is -0.358 e. The van der Waals surface area contributed by atoms with Gasteiger partial charge in [-0.3, -0.25) is 9.10 Å². The molecule has 0 aliphatic carbocycles. The van der Waals surface area contributed by atoms with Gasteiger partial charge in [-0.1, -0.05) is 42.5 Å². The standard InChI is InChI=1S/C24H23N3O3S/c1-27(21-10-3-2-4-11-21)31(29,30)22-12-7-9-19(17-22)24(28)25-15-14-20-16-18-8-5-6-13-23(18)26-20/h2-13,16-17,26H,14-15H2,1H3,(H,25,28). The van der Waals surface area contributed by atoms with Gasteiger partial charge in [0.25, 0.3) is 15.9 Å².